The maximum absolute atomic E-state index is 13.5. The van der Waals surface area contributed by atoms with E-state index in [2.05, 4.69) is 10.6 Å². The molecule has 25 heavy (non-hydrogen) atoms. The minimum Gasteiger partial charge on any atom is -0.351 e. The van der Waals surface area contributed by atoms with E-state index in [0.29, 0.717) is 25.1 Å². The second-order valence-electron chi connectivity index (χ2n) is 6.67. The van der Waals surface area contributed by atoms with Gasteiger partial charge in [0.1, 0.15) is 5.82 Å². The van der Waals surface area contributed by atoms with Crippen LogP contribution >= 0.6 is 0 Å². The average molecular weight is 349 g/mol. The van der Waals surface area contributed by atoms with Crippen LogP contribution in [0.3, 0.4) is 0 Å². The summed E-state index contributed by atoms with van der Waals surface area (Å²) in [4.78, 5) is 37.7. The van der Waals surface area contributed by atoms with Crippen molar-refractivity contribution in [1.82, 2.24) is 10.2 Å². The highest BCUT2D eigenvalue weighted by molar-refractivity contribution is 6.39. The van der Waals surface area contributed by atoms with Crippen molar-refractivity contribution in [2.45, 2.75) is 39.7 Å². The van der Waals surface area contributed by atoms with Gasteiger partial charge in [0, 0.05) is 30.7 Å². The normalized spacial score (nSPS) is 17.3. The number of halogens is 1. The summed E-state index contributed by atoms with van der Waals surface area (Å²) in [5, 5.41) is 5.31. The number of hydrogen-bond acceptors (Lipinski definition) is 3. The molecule has 1 atom stereocenters. The fourth-order valence-electron chi connectivity index (χ4n) is 2.65. The van der Waals surface area contributed by atoms with Gasteiger partial charge in [0.2, 0.25) is 5.91 Å². The number of nitrogens with zero attached hydrogens (tertiary/aromatic N) is 1. The monoisotopic (exact) mass is 349 g/mol. The van der Waals surface area contributed by atoms with Crippen LogP contribution in [0, 0.1) is 18.7 Å². The van der Waals surface area contributed by atoms with Gasteiger partial charge in [-0.1, -0.05) is 19.9 Å². The Morgan fingerprint density at radius 1 is 1.28 bits per heavy atom. The summed E-state index contributed by atoms with van der Waals surface area (Å²) in [7, 11) is 0. The highest BCUT2D eigenvalue weighted by Crippen LogP contribution is 2.15. The number of piperidine rings is 1. The summed E-state index contributed by atoms with van der Waals surface area (Å²) in [5.74, 6) is -2.13. The molecule has 0 bridgehead atoms. The minimum atomic E-state index is -0.806. The predicted octanol–water partition coefficient (Wildman–Crippen LogP) is 1.84. The van der Waals surface area contributed by atoms with Gasteiger partial charge in [0.15, 0.2) is 0 Å². The lowest BCUT2D eigenvalue weighted by Crippen LogP contribution is -2.52. The minimum absolute atomic E-state index is 0.0705. The number of amides is 3. The average Bonchev–Trinajstić information content (AvgIpc) is 2.57. The van der Waals surface area contributed by atoms with Crippen molar-refractivity contribution >= 4 is 23.4 Å². The molecule has 6 nitrogen and oxygen atoms in total. The maximum Gasteiger partial charge on any atom is 0.313 e. The van der Waals surface area contributed by atoms with Gasteiger partial charge >= 0.3 is 11.8 Å². The van der Waals surface area contributed by atoms with Crippen LogP contribution in [0.5, 0.6) is 0 Å². The van der Waals surface area contributed by atoms with Crippen LogP contribution in [0.2, 0.25) is 0 Å². The zero-order chi connectivity index (χ0) is 18.6. The van der Waals surface area contributed by atoms with Crippen LogP contribution < -0.4 is 10.6 Å². The number of anilines is 1. The number of rotatable bonds is 3. The van der Waals surface area contributed by atoms with E-state index in [1.54, 1.807) is 26.8 Å². The lowest BCUT2D eigenvalue weighted by molar-refractivity contribution is -0.144. The first-order chi connectivity index (χ1) is 11.8. The molecule has 1 heterocycles. The Hall–Kier alpha value is -2.44. The van der Waals surface area contributed by atoms with Gasteiger partial charge in [-0.15, -0.1) is 0 Å². The molecular weight excluding hydrogens is 325 g/mol. The van der Waals surface area contributed by atoms with Crippen molar-refractivity contribution < 1.29 is 18.8 Å². The molecule has 1 aromatic carbocycles. The van der Waals surface area contributed by atoms with Gasteiger partial charge < -0.3 is 15.5 Å². The Labute approximate surface area is 146 Å². The lowest BCUT2D eigenvalue weighted by Gasteiger charge is -2.33. The van der Waals surface area contributed by atoms with Crippen molar-refractivity contribution in [3.63, 3.8) is 0 Å². The quantitative estimate of drug-likeness (QED) is 0.817. The molecule has 0 unspecified atom stereocenters. The molecule has 1 fully saturated rings. The molecule has 0 spiro atoms. The van der Waals surface area contributed by atoms with Gasteiger partial charge in [-0.2, -0.15) is 0 Å². The van der Waals surface area contributed by atoms with Gasteiger partial charge in [-0.3, -0.25) is 14.4 Å². The molecule has 2 rings (SSSR count). The Morgan fingerprint density at radius 3 is 2.64 bits per heavy atom. The maximum atomic E-state index is 13.5. The van der Waals surface area contributed by atoms with Crippen molar-refractivity contribution in [2.24, 2.45) is 5.92 Å². The standard InChI is InChI=1S/C18H24FN3O3/c1-11(2)16(23)21-14-5-4-8-22(10-14)18(25)17(24)20-13-7-6-12(3)15(19)9-13/h6-7,9,11,14H,4-5,8,10H2,1-3H3,(H,20,24)(H,21,23)/t14-/m0/s1. The first-order valence-corrected chi connectivity index (χ1v) is 8.44. The van der Waals surface area contributed by atoms with E-state index < -0.39 is 17.6 Å². The van der Waals surface area contributed by atoms with Crippen molar-refractivity contribution in [2.75, 3.05) is 18.4 Å². The fourth-order valence-corrected chi connectivity index (χ4v) is 2.65. The smallest absolute Gasteiger partial charge is 0.313 e. The van der Waals surface area contributed by atoms with Gasteiger partial charge in [-0.05, 0) is 37.5 Å². The molecule has 0 aromatic heterocycles. The van der Waals surface area contributed by atoms with Crippen molar-refractivity contribution in [3.8, 4) is 0 Å². The molecule has 1 saturated heterocycles. The summed E-state index contributed by atoms with van der Waals surface area (Å²) >= 11 is 0. The zero-order valence-electron chi connectivity index (χ0n) is 14.8. The van der Waals surface area contributed by atoms with E-state index in [4.69, 9.17) is 0 Å². The van der Waals surface area contributed by atoms with Crippen LogP contribution in [0.1, 0.15) is 32.3 Å². The Bertz CT molecular complexity index is 676. The van der Waals surface area contributed by atoms with Gasteiger partial charge in [-0.25, -0.2) is 4.39 Å². The highest BCUT2D eigenvalue weighted by Gasteiger charge is 2.29. The molecule has 1 aliphatic heterocycles. The van der Waals surface area contributed by atoms with E-state index in [-0.39, 0.29) is 23.6 Å². The number of likely N-dealkylation sites (tertiary alicyclic amines) is 1. The fraction of sp³-hybridized carbons (Fsp3) is 0.500. The molecule has 0 radical (unpaired) electrons. The molecule has 0 aliphatic carbocycles. The molecule has 7 heteroatoms. The number of hydrogen-bond donors (Lipinski definition) is 2. The number of carbonyl (C=O) groups excluding carboxylic acids is 3. The summed E-state index contributed by atoms with van der Waals surface area (Å²) in [5.41, 5.74) is 0.701. The summed E-state index contributed by atoms with van der Waals surface area (Å²) < 4.78 is 13.5. The molecule has 3 amide bonds. The van der Waals surface area contributed by atoms with E-state index >= 15 is 0 Å². The second kappa shape index (κ2) is 8.09. The van der Waals surface area contributed by atoms with Crippen molar-refractivity contribution in [1.29, 1.82) is 0 Å². The third kappa shape index (κ3) is 5.01. The largest absolute Gasteiger partial charge is 0.351 e. The van der Waals surface area contributed by atoms with Gasteiger partial charge in [0.25, 0.3) is 0 Å². The molecule has 136 valence electrons. The van der Waals surface area contributed by atoms with Crippen LogP contribution in [0.15, 0.2) is 18.2 Å². The molecule has 2 N–H and O–H groups in total. The number of aryl methyl sites for hydroxylation is 1. The molecule has 1 aromatic rings. The Morgan fingerprint density at radius 2 is 2.00 bits per heavy atom. The first kappa shape index (κ1) is 18.9. The Balaban J connectivity index is 1.95. The van der Waals surface area contributed by atoms with E-state index in [1.165, 1.54) is 17.0 Å². The lowest BCUT2D eigenvalue weighted by atomic mass is 10.0. The number of carbonyl (C=O) groups is 3. The molecule has 1 aliphatic rings. The zero-order valence-corrected chi connectivity index (χ0v) is 14.8. The third-order valence-electron chi connectivity index (χ3n) is 4.20. The summed E-state index contributed by atoms with van der Waals surface area (Å²) in [6.45, 7) is 5.98. The number of benzene rings is 1. The SMILES string of the molecule is Cc1ccc(NC(=O)C(=O)N2CCC[C@H](NC(=O)C(C)C)C2)cc1F. The van der Waals surface area contributed by atoms with Gasteiger partial charge in [0.05, 0.1) is 0 Å². The topological polar surface area (TPSA) is 78.5 Å². The van der Waals surface area contributed by atoms with E-state index in [1.807, 2.05) is 0 Å². The second-order valence-corrected chi connectivity index (χ2v) is 6.67. The summed E-state index contributed by atoms with van der Waals surface area (Å²) in [6.07, 6.45) is 1.48. The van der Waals surface area contributed by atoms with Crippen molar-refractivity contribution in [3.05, 3.63) is 29.6 Å². The first-order valence-electron chi connectivity index (χ1n) is 8.44. The summed E-state index contributed by atoms with van der Waals surface area (Å²) in [6, 6.07) is 4.11. The van der Waals surface area contributed by atoms with E-state index in [9.17, 15) is 18.8 Å². The Kier molecular flexibility index (Phi) is 6.12. The predicted molar refractivity (Wildman–Crippen MR) is 92.3 cm³/mol. The molecular formula is C18H24FN3O3. The van der Waals surface area contributed by atoms with E-state index in [0.717, 1.165) is 6.42 Å². The van der Waals surface area contributed by atoms with Crippen LogP contribution in [-0.4, -0.2) is 41.8 Å². The number of nitrogens with one attached hydrogen (secondary N) is 2. The third-order valence-corrected chi connectivity index (χ3v) is 4.20. The van der Waals surface area contributed by atoms with Crippen LogP contribution in [0.4, 0.5) is 10.1 Å². The highest BCUT2D eigenvalue weighted by atomic mass is 19.1. The van der Waals surface area contributed by atoms with Crippen LogP contribution in [-0.2, 0) is 14.4 Å². The molecule has 0 saturated carbocycles. The van der Waals surface area contributed by atoms with Crippen LogP contribution in [0.25, 0.3) is 0 Å².